The third-order valence-electron chi connectivity index (χ3n) is 3.90. The van der Waals surface area contributed by atoms with Gasteiger partial charge in [-0.1, -0.05) is 42.5 Å². The van der Waals surface area contributed by atoms with Crippen molar-refractivity contribution >= 4 is 10.8 Å². The molecule has 1 N–H and O–H groups in total. The Hall–Kier alpha value is -1.38. The lowest BCUT2D eigenvalue weighted by Gasteiger charge is -2.20. The topological polar surface area (TPSA) is 21.3 Å². The molecule has 0 bridgehead atoms. The van der Waals surface area contributed by atoms with Gasteiger partial charge in [0, 0.05) is 12.6 Å². The number of nitrogens with one attached hydrogen (secondary N) is 1. The Morgan fingerprint density at radius 3 is 2.74 bits per heavy atom. The number of fused-ring (bicyclic) bond motifs is 1. The number of rotatable bonds is 1. The fourth-order valence-corrected chi connectivity index (χ4v) is 2.99. The monoisotopic (exact) mass is 255 g/mol. The van der Waals surface area contributed by atoms with Crippen molar-refractivity contribution < 1.29 is 4.74 Å². The van der Waals surface area contributed by atoms with Gasteiger partial charge >= 0.3 is 0 Å². The summed E-state index contributed by atoms with van der Waals surface area (Å²) in [4.78, 5) is 0. The molecule has 1 aliphatic rings. The maximum Gasteiger partial charge on any atom is 0.0958 e. The van der Waals surface area contributed by atoms with E-state index >= 15 is 0 Å². The quantitative estimate of drug-likeness (QED) is 0.839. The summed E-state index contributed by atoms with van der Waals surface area (Å²) >= 11 is 0. The summed E-state index contributed by atoms with van der Waals surface area (Å²) in [5.74, 6) is 0. The van der Waals surface area contributed by atoms with Crippen LogP contribution < -0.4 is 5.32 Å². The molecule has 1 aliphatic heterocycles. The van der Waals surface area contributed by atoms with Gasteiger partial charge in [0.1, 0.15) is 0 Å². The Morgan fingerprint density at radius 2 is 1.84 bits per heavy atom. The fraction of sp³-hybridized carbons (Fsp3) is 0.412. The smallest absolute Gasteiger partial charge is 0.0958 e. The Balaban J connectivity index is 1.99. The van der Waals surface area contributed by atoms with E-state index in [1.807, 2.05) is 0 Å². The highest BCUT2D eigenvalue weighted by molar-refractivity contribution is 5.86. The third kappa shape index (κ3) is 2.65. The van der Waals surface area contributed by atoms with Crippen LogP contribution in [0.4, 0.5) is 0 Å². The van der Waals surface area contributed by atoms with Crippen molar-refractivity contribution in [2.75, 3.05) is 6.54 Å². The molecule has 2 aromatic carbocycles. The summed E-state index contributed by atoms with van der Waals surface area (Å²) in [5.41, 5.74) is 1.30. The van der Waals surface area contributed by atoms with Crippen molar-refractivity contribution in [2.45, 2.75) is 38.5 Å². The Kier molecular flexibility index (Phi) is 3.54. The van der Waals surface area contributed by atoms with Crippen molar-refractivity contribution in [1.29, 1.82) is 0 Å². The van der Waals surface area contributed by atoms with E-state index in [1.165, 1.54) is 16.3 Å². The van der Waals surface area contributed by atoms with E-state index in [0.717, 1.165) is 13.0 Å². The van der Waals surface area contributed by atoms with E-state index < -0.39 is 0 Å². The van der Waals surface area contributed by atoms with Crippen LogP contribution >= 0.6 is 0 Å². The maximum atomic E-state index is 6.21. The molecule has 0 aromatic heterocycles. The zero-order chi connectivity index (χ0) is 13.2. The fourth-order valence-electron chi connectivity index (χ4n) is 2.99. The molecule has 3 atom stereocenters. The highest BCUT2D eigenvalue weighted by Gasteiger charge is 2.23. The minimum Gasteiger partial charge on any atom is -0.369 e. The van der Waals surface area contributed by atoms with Gasteiger partial charge in [-0.2, -0.15) is 0 Å². The minimum absolute atomic E-state index is 0.144. The van der Waals surface area contributed by atoms with Gasteiger partial charge in [-0.05, 0) is 36.6 Å². The highest BCUT2D eigenvalue weighted by atomic mass is 16.5. The van der Waals surface area contributed by atoms with E-state index in [4.69, 9.17) is 4.74 Å². The first kappa shape index (κ1) is 12.6. The van der Waals surface area contributed by atoms with E-state index in [1.54, 1.807) is 0 Å². The standard InChI is InChI=1S/C17H21NO/c1-12-10-13(2)19-17(11-18-12)16-9-5-7-14-6-3-4-8-15(14)16/h3-9,12-13,17-18H,10-11H2,1-2H3. The van der Waals surface area contributed by atoms with Crippen LogP contribution in [0.2, 0.25) is 0 Å². The molecule has 0 radical (unpaired) electrons. The third-order valence-corrected chi connectivity index (χ3v) is 3.90. The second kappa shape index (κ2) is 5.32. The molecule has 1 heterocycles. The molecular weight excluding hydrogens is 234 g/mol. The molecule has 0 amide bonds. The van der Waals surface area contributed by atoms with Crippen LogP contribution in [0.15, 0.2) is 42.5 Å². The molecule has 100 valence electrons. The van der Waals surface area contributed by atoms with Crippen LogP contribution in [0.3, 0.4) is 0 Å². The van der Waals surface area contributed by atoms with Crippen LogP contribution in [0.5, 0.6) is 0 Å². The molecule has 3 unspecified atom stereocenters. The van der Waals surface area contributed by atoms with Gasteiger partial charge in [0.15, 0.2) is 0 Å². The molecule has 0 aliphatic carbocycles. The predicted octanol–water partition coefficient (Wildman–Crippen LogP) is 3.67. The van der Waals surface area contributed by atoms with Crippen molar-refractivity contribution in [3.63, 3.8) is 0 Å². The molecule has 1 fully saturated rings. The van der Waals surface area contributed by atoms with Gasteiger partial charge in [-0.25, -0.2) is 0 Å². The first-order chi connectivity index (χ1) is 9.24. The average molecular weight is 255 g/mol. The van der Waals surface area contributed by atoms with Crippen molar-refractivity contribution in [2.24, 2.45) is 0 Å². The summed E-state index contributed by atoms with van der Waals surface area (Å²) in [6.07, 6.45) is 1.52. The number of benzene rings is 2. The van der Waals surface area contributed by atoms with E-state index in [2.05, 4.69) is 61.6 Å². The predicted molar refractivity (Wildman–Crippen MR) is 79.3 cm³/mol. The molecular formula is C17H21NO. The summed E-state index contributed by atoms with van der Waals surface area (Å²) in [5, 5.41) is 6.15. The number of ether oxygens (including phenoxy) is 1. The normalized spacial score (nSPS) is 28.2. The van der Waals surface area contributed by atoms with Crippen molar-refractivity contribution in [1.82, 2.24) is 5.32 Å². The van der Waals surface area contributed by atoms with Crippen LogP contribution in [0.25, 0.3) is 10.8 Å². The molecule has 0 saturated carbocycles. The summed E-state index contributed by atoms with van der Waals surface area (Å²) in [6, 6.07) is 15.5. The van der Waals surface area contributed by atoms with Crippen LogP contribution in [-0.2, 0) is 4.74 Å². The second-order valence-electron chi connectivity index (χ2n) is 5.55. The number of hydrogen-bond acceptors (Lipinski definition) is 2. The van der Waals surface area contributed by atoms with E-state index in [-0.39, 0.29) is 6.10 Å². The Morgan fingerprint density at radius 1 is 1.05 bits per heavy atom. The van der Waals surface area contributed by atoms with Crippen molar-refractivity contribution in [3.8, 4) is 0 Å². The van der Waals surface area contributed by atoms with E-state index in [0.29, 0.717) is 12.1 Å². The molecule has 0 spiro atoms. The van der Waals surface area contributed by atoms with Gasteiger partial charge in [0.05, 0.1) is 12.2 Å². The molecule has 19 heavy (non-hydrogen) atoms. The van der Waals surface area contributed by atoms with Gasteiger partial charge in [-0.3, -0.25) is 0 Å². The molecule has 2 aromatic rings. The van der Waals surface area contributed by atoms with Gasteiger partial charge in [0.25, 0.3) is 0 Å². The largest absolute Gasteiger partial charge is 0.369 e. The number of hydrogen-bond donors (Lipinski definition) is 1. The van der Waals surface area contributed by atoms with Gasteiger partial charge in [-0.15, -0.1) is 0 Å². The molecule has 2 nitrogen and oxygen atoms in total. The average Bonchev–Trinajstić information content (AvgIpc) is 2.59. The van der Waals surface area contributed by atoms with Gasteiger partial charge < -0.3 is 10.1 Å². The first-order valence-electron chi connectivity index (χ1n) is 7.10. The Bertz CT molecular complexity index is 561. The molecule has 2 heteroatoms. The zero-order valence-corrected chi connectivity index (χ0v) is 11.6. The second-order valence-corrected chi connectivity index (χ2v) is 5.55. The van der Waals surface area contributed by atoms with Crippen LogP contribution in [0, 0.1) is 0 Å². The molecule has 3 rings (SSSR count). The lowest BCUT2D eigenvalue weighted by Crippen LogP contribution is -2.28. The lowest BCUT2D eigenvalue weighted by atomic mass is 10.0. The summed E-state index contributed by atoms with van der Waals surface area (Å²) in [7, 11) is 0. The first-order valence-corrected chi connectivity index (χ1v) is 7.10. The lowest BCUT2D eigenvalue weighted by molar-refractivity contribution is 0.00796. The highest BCUT2D eigenvalue weighted by Crippen LogP contribution is 2.29. The zero-order valence-electron chi connectivity index (χ0n) is 11.6. The van der Waals surface area contributed by atoms with Gasteiger partial charge in [0.2, 0.25) is 0 Å². The van der Waals surface area contributed by atoms with Crippen LogP contribution in [-0.4, -0.2) is 18.7 Å². The SMILES string of the molecule is CC1CC(C)OC(c2cccc3ccccc23)CN1. The Labute approximate surface area is 114 Å². The maximum absolute atomic E-state index is 6.21. The minimum atomic E-state index is 0.144. The summed E-state index contributed by atoms with van der Waals surface area (Å²) in [6.45, 7) is 5.28. The van der Waals surface area contributed by atoms with Crippen LogP contribution in [0.1, 0.15) is 31.9 Å². The van der Waals surface area contributed by atoms with E-state index in [9.17, 15) is 0 Å². The summed E-state index contributed by atoms with van der Waals surface area (Å²) < 4.78 is 6.21. The molecule has 1 saturated heterocycles. The van der Waals surface area contributed by atoms with Crippen molar-refractivity contribution in [3.05, 3.63) is 48.0 Å².